The molecule has 0 amide bonds. The van der Waals surface area contributed by atoms with Gasteiger partial charge in [-0.3, -0.25) is 4.57 Å². The Morgan fingerprint density at radius 2 is 1.54 bits per heavy atom. The maximum absolute atomic E-state index is 6.67. The first kappa shape index (κ1) is 25.2. The third kappa shape index (κ3) is 4.38. The van der Waals surface area contributed by atoms with Crippen LogP contribution in [0.5, 0.6) is 11.5 Å². The predicted molar refractivity (Wildman–Crippen MR) is 170 cm³/mol. The van der Waals surface area contributed by atoms with Gasteiger partial charge in [0.05, 0.1) is 29.1 Å². The lowest BCUT2D eigenvalue weighted by atomic mass is 9.86. The number of ether oxygens (including phenoxy) is 1. The number of anilines is 3. The van der Waals surface area contributed by atoms with E-state index >= 15 is 0 Å². The van der Waals surface area contributed by atoms with E-state index in [1.54, 1.807) is 0 Å². The minimum Gasteiger partial charge on any atom is -0.457 e. The summed E-state index contributed by atoms with van der Waals surface area (Å²) in [6.45, 7) is 9.69. The minimum absolute atomic E-state index is 0.0365. The van der Waals surface area contributed by atoms with Gasteiger partial charge in [0, 0.05) is 41.8 Å². The summed E-state index contributed by atoms with van der Waals surface area (Å²) < 4.78 is 8.89. The Labute approximate surface area is 241 Å². The fourth-order valence-electron chi connectivity index (χ4n) is 5.87. The lowest BCUT2D eigenvalue weighted by Gasteiger charge is -2.25. The minimum atomic E-state index is -0.0365. The van der Waals surface area contributed by atoms with Crippen LogP contribution in [0.2, 0.25) is 0 Å². The molecule has 7 rings (SSSR count). The van der Waals surface area contributed by atoms with Crippen LogP contribution in [0.1, 0.15) is 31.9 Å². The van der Waals surface area contributed by atoms with Gasteiger partial charge in [-0.1, -0.05) is 51.1 Å². The third-order valence-corrected chi connectivity index (χ3v) is 8.01. The molecule has 0 saturated carbocycles. The normalized spacial score (nSPS) is 13.3. The molecule has 0 fully saturated rings. The first-order valence-electron chi connectivity index (χ1n) is 14.1. The van der Waals surface area contributed by atoms with Crippen LogP contribution in [-0.2, 0) is 5.41 Å². The van der Waals surface area contributed by atoms with Crippen molar-refractivity contribution in [2.75, 3.05) is 23.5 Å². The van der Waals surface area contributed by atoms with Crippen LogP contribution in [0.25, 0.3) is 27.6 Å². The molecular formula is C36H34N4O. The molecule has 0 unspecified atom stereocenters. The monoisotopic (exact) mass is 538 g/mol. The lowest BCUT2D eigenvalue weighted by molar-refractivity contribution is 0.479. The van der Waals surface area contributed by atoms with Gasteiger partial charge in [-0.25, -0.2) is 4.98 Å². The number of para-hydroxylation sites is 1. The van der Waals surface area contributed by atoms with E-state index in [-0.39, 0.29) is 5.41 Å². The number of benzene rings is 4. The molecule has 0 N–H and O–H groups in total. The summed E-state index contributed by atoms with van der Waals surface area (Å²) in [4.78, 5) is 9.35. The zero-order valence-corrected chi connectivity index (χ0v) is 24.2. The highest BCUT2D eigenvalue weighted by Gasteiger charge is 2.26. The molecule has 5 heteroatoms. The van der Waals surface area contributed by atoms with Gasteiger partial charge in [0.1, 0.15) is 17.3 Å². The van der Waals surface area contributed by atoms with Crippen LogP contribution in [0, 0.1) is 6.92 Å². The molecule has 5 nitrogen and oxygen atoms in total. The predicted octanol–water partition coefficient (Wildman–Crippen LogP) is 9.12. The van der Waals surface area contributed by atoms with Crippen molar-refractivity contribution in [2.24, 2.45) is 0 Å². The highest BCUT2D eigenvalue weighted by molar-refractivity contribution is 6.09. The van der Waals surface area contributed by atoms with E-state index in [2.05, 4.69) is 133 Å². The van der Waals surface area contributed by atoms with Gasteiger partial charge >= 0.3 is 0 Å². The summed E-state index contributed by atoms with van der Waals surface area (Å²) in [5.41, 5.74) is 8.26. The highest BCUT2D eigenvalue weighted by Crippen LogP contribution is 2.43. The Kier molecular flexibility index (Phi) is 5.79. The molecule has 41 heavy (non-hydrogen) atoms. The SMILES string of the molecule is Cc1ccc2c(c1)N(C)CN2c1cc(Oc2ccc3c4ccccc4n(-c4ccccn4)c3c2)cc(C(C)(C)C)c1. The maximum Gasteiger partial charge on any atom is 0.137 e. The lowest BCUT2D eigenvalue weighted by Crippen LogP contribution is -2.24. The van der Waals surface area contributed by atoms with Gasteiger partial charge in [-0.05, 0) is 78.1 Å². The number of pyridine rings is 1. The zero-order chi connectivity index (χ0) is 28.3. The zero-order valence-electron chi connectivity index (χ0n) is 24.2. The largest absolute Gasteiger partial charge is 0.457 e. The van der Waals surface area contributed by atoms with E-state index in [1.165, 1.54) is 33.3 Å². The summed E-state index contributed by atoms with van der Waals surface area (Å²) >= 11 is 0. The van der Waals surface area contributed by atoms with Crippen molar-refractivity contribution in [3.05, 3.63) is 114 Å². The third-order valence-electron chi connectivity index (χ3n) is 8.01. The molecule has 1 aliphatic heterocycles. The second kappa shape index (κ2) is 9.41. The van der Waals surface area contributed by atoms with E-state index in [1.807, 2.05) is 24.4 Å². The van der Waals surface area contributed by atoms with Crippen molar-refractivity contribution < 1.29 is 4.74 Å². The molecule has 0 bridgehead atoms. The Bertz CT molecular complexity index is 1920. The maximum atomic E-state index is 6.67. The number of rotatable bonds is 4. The number of hydrogen-bond acceptors (Lipinski definition) is 4. The Balaban J connectivity index is 1.34. The molecule has 2 aromatic heterocycles. The number of nitrogens with zero attached hydrogens (tertiary/aromatic N) is 4. The van der Waals surface area contributed by atoms with Gasteiger partial charge in [-0.2, -0.15) is 0 Å². The van der Waals surface area contributed by atoms with Crippen molar-refractivity contribution in [3.8, 4) is 17.3 Å². The number of aromatic nitrogens is 2. The fraction of sp³-hybridized carbons (Fsp3) is 0.194. The topological polar surface area (TPSA) is 33.5 Å². The first-order chi connectivity index (χ1) is 19.8. The van der Waals surface area contributed by atoms with E-state index in [0.717, 1.165) is 40.7 Å². The smallest absolute Gasteiger partial charge is 0.137 e. The molecule has 1 aliphatic rings. The number of fused-ring (bicyclic) bond motifs is 4. The highest BCUT2D eigenvalue weighted by atomic mass is 16.5. The summed E-state index contributed by atoms with van der Waals surface area (Å²) in [5, 5.41) is 2.37. The molecule has 4 aromatic carbocycles. The van der Waals surface area contributed by atoms with Crippen molar-refractivity contribution in [3.63, 3.8) is 0 Å². The quantitative estimate of drug-likeness (QED) is 0.224. The van der Waals surface area contributed by atoms with Crippen LogP contribution >= 0.6 is 0 Å². The van der Waals surface area contributed by atoms with Gasteiger partial charge in [0.2, 0.25) is 0 Å². The van der Waals surface area contributed by atoms with Gasteiger partial charge in [0.15, 0.2) is 0 Å². The fourth-order valence-corrected chi connectivity index (χ4v) is 5.87. The molecule has 6 aromatic rings. The summed E-state index contributed by atoms with van der Waals surface area (Å²) in [6, 6.07) is 34.2. The van der Waals surface area contributed by atoms with Crippen molar-refractivity contribution >= 4 is 38.9 Å². The average molecular weight is 539 g/mol. The van der Waals surface area contributed by atoms with E-state index < -0.39 is 0 Å². The van der Waals surface area contributed by atoms with Crippen molar-refractivity contribution in [2.45, 2.75) is 33.1 Å². The second-order valence-electron chi connectivity index (χ2n) is 12.0. The average Bonchev–Trinajstić information content (AvgIpc) is 3.47. The van der Waals surface area contributed by atoms with Crippen molar-refractivity contribution in [1.29, 1.82) is 0 Å². The number of aryl methyl sites for hydroxylation is 1. The van der Waals surface area contributed by atoms with Gasteiger partial charge < -0.3 is 14.5 Å². The van der Waals surface area contributed by atoms with Crippen LogP contribution in [-0.4, -0.2) is 23.3 Å². The van der Waals surface area contributed by atoms with E-state index in [0.29, 0.717) is 0 Å². The summed E-state index contributed by atoms with van der Waals surface area (Å²) in [5.74, 6) is 2.51. The number of hydrogen-bond donors (Lipinski definition) is 0. The van der Waals surface area contributed by atoms with Crippen molar-refractivity contribution in [1.82, 2.24) is 9.55 Å². The molecule has 0 radical (unpaired) electrons. The molecule has 3 heterocycles. The van der Waals surface area contributed by atoms with E-state index in [4.69, 9.17) is 4.74 Å². The van der Waals surface area contributed by atoms with Crippen LogP contribution < -0.4 is 14.5 Å². The summed E-state index contributed by atoms with van der Waals surface area (Å²) in [7, 11) is 2.15. The molecular weight excluding hydrogens is 504 g/mol. The van der Waals surface area contributed by atoms with Crippen LogP contribution in [0.15, 0.2) is 103 Å². The summed E-state index contributed by atoms with van der Waals surface area (Å²) in [6.07, 6.45) is 1.84. The first-order valence-corrected chi connectivity index (χ1v) is 14.1. The molecule has 0 saturated heterocycles. The Hall–Kier alpha value is -4.77. The van der Waals surface area contributed by atoms with Gasteiger partial charge in [-0.15, -0.1) is 0 Å². The standard InChI is InChI=1S/C36H34N4O/c1-24-13-16-32-34(18-24)38(5)23-39(32)26-19-25(36(2,3)4)20-28(21-26)41-27-14-15-30-29-10-6-7-11-31(29)40(33(30)22-27)35-12-8-9-17-37-35/h6-22H,23H2,1-5H3. The Morgan fingerprint density at radius 1 is 0.732 bits per heavy atom. The van der Waals surface area contributed by atoms with E-state index in [9.17, 15) is 0 Å². The van der Waals surface area contributed by atoms with Crippen LogP contribution in [0.4, 0.5) is 17.1 Å². The van der Waals surface area contributed by atoms with Gasteiger partial charge in [0.25, 0.3) is 0 Å². The molecule has 0 aliphatic carbocycles. The second-order valence-corrected chi connectivity index (χ2v) is 12.0. The molecule has 0 spiro atoms. The Morgan fingerprint density at radius 3 is 2.34 bits per heavy atom. The molecule has 204 valence electrons. The molecule has 0 atom stereocenters. The van der Waals surface area contributed by atoms with Crippen LogP contribution in [0.3, 0.4) is 0 Å².